The van der Waals surface area contributed by atoms with Crippen LogP contribution in [0.15, 0.2) is 24.3 Å². The lowest BCUT2D eigenvalue weighted by Gasteiger charge is -2.24. The maximum absolute atomic E-state index is 2.51. The number of hydrogen-bond acceptors (Lipinski definition) is 0. The molecule has 0 aliphatic heterocycles. The Bertz CT molecular complexity index is 999. The van der Waals surface area contributed by atoms with Crippen molar-refractivity contribution < 1.29 is 0 Å². The van der Waals surface area contributed by atoms with Gasteiger partial charge in [-0.25, -0.2) is 0 Å². The Morgan fingerprint density at radius 2 is 0.458 bits per heavy atom. The van der Waals surface area contributed by atoms with Crippen molar-refractivity contribution in [1.29, 1.82) is 0 Å². The molecule has 0 saturated carbocycles. The first-order valence-corrected chi connectivity index (χ1v) is 22.3. The van der Waals surface area contributed by atoms with E-state index in [0.717, 1.165) is 0 Å². The van der Waals surface area contributed by atoms with Crippen LogP contribution in [0.25, 0.3) is 10.8 Å². The molecule has 0 saturated heterocycles. The van der Waals surface area contributed by atoms with Gasteiger partial charge in [0.1, 0.15) is 0 Å². The van der Waals surface area contributed by atoms with Gasteiger partial charge in [0.2, 0.25) is 0 Å². The molecule has 0 heterocycles. The highest BCUT2D eigenvalue weighted by Crippen LogP contribution is 2.36. The number of rotatable bonds is 34. The summed E-state index contributed by atoms with van der Waals surface area (Å²) in [7, 11) is 0. The third-order valence-electron chi connectivity index (χ3n) is 11.3. The van der Waals surface area contributed by atoms with E-state index >= 15 is 0 Å². The molecule has 0 atom stereocenters. The topological polar surface area (TPSA) is 0 Å². The van der Waals surface area contributed by atoms with E-state index in [-0.39, 0.29) is 0 Å². The van der Waals surface area contributed by atoms with E-state index in [0.29, 0.717) is 0 Å². The minimum atomic E-state index is 1.29. The van der Waals surface area contributed by atoms with E-state index < -0.39 is 0 Å². The Kier molecular flexibility index (Phi) is 27.3. The molecular formula is C48H84. The van der Waals surface area contributed by atoms with Crippen LogP contribution in [0.5, 0.6) is 0 Å². The van der Waals surface area contributed by atoms with Crippen molar-refractivity contribution >= 4 is 10.8 Å². The molecule has 0 unspecified atom stereocenters. The third-order valence-corrected chi connectivity index (χ3v) is 11.3. The van der Waals surface area contributed by atoms with Crippen molar-refractivity contribution in [3.05, 3.63) is 46.5 Å². The molecule has 0 aromatic heterocycles. The van der Waals surface area contributed by atoms with Crippen LogP contribution in [0.2, 0.25) is 0 Å². The number of fused-ring (bicyclic) bond motifs is 1. The second-order valence-corrected chi connectivity index (χ2v) is 15.7. The molecule has 0 radical (unpaired) electrons. The lowest BCUT2D eigenvalue weighted by Crippen LogP contribution is -2.08. The SMILES string of the molecule is CCCCCCCCCCCCc1c(CCCCCCC)c(CCCCCCC)c2ccccc2c1CCCCCCCCCCCC. The van der Waals surface area contributed by atoms with E-state index in [4.69, 9.17) is 0 Å². The van der Waals surface area contributed by atoms with E-state index in [1.807, 2.05) is 11.1 Å². The normalized spacial score (nSPS) is 11.7. The van der Waals surface area contributed by atoms with Crippen molar-refractivity contribution in [3.63, 3.8) is 0 Å². The molecule has 0 amide bonds. The summed E-state index contributed by atoms with van der Waals surface area (Å²) < 4.78 is 0. The van der Waals surface area contributed by atoms with Crippen molar-refractivity contribution in [3.8, 4) is 0 Å². The van der Waals surface area contributed by atoms with Gasteiger partial charge < -0.3 is 0 Å². The number of unbranched alkanes of at least 4 members (excludes halogenated alkanes) is 26. The zero-order valence-electron chi connectivity index (χ0n) is 33.4. The fourth-order valence-corrected chi connectivity index (χ4v) is 8.26. The van der Waals surface area contributed by atoms with Gasteiger partial charge in [-0.15, -0.1) is 0 Å². The van der Waals surface area contributed by atoms with Crippen LogP contribution in [0.4, 0.5) is 0 Å². The smallest absolute Gasteiger partial charge is 0.0146 e. The number of benzene rings is 2. The lowest BCUT2D eigenvalue weighted by atomic mass is 9.81. The first-order chi connectivity index (χ1) is 23.8. The molecule has 0 fully saturated rings. The van der Waals surface area contributed by atoms with Gasteiger partial charge in [0.05, 0.1) is 0 Å². The maximum Gasteiger partial charge on any atom is -0.0146 e. The Morgan fingerprint density at radius 3 is 0.708 bits per heavy atom. The highest BCUT2D eigenvalue weighted by atomic mass is 14.2. The zero-order valence-corrected chi connectivity index (χ0v) is 33.4. The van der Waals surface area contributed by atoms with E-state index in [1.54, 1.807) is 21.9 Å². The van der Waals surface area contributed by atoms with E-state index in [9.17, 15) is 0 Å². The Hall–Kier alpha value is -1.30. The summed E-state index contributed by atoms with van der Waals surface area (Å²) in [6.45, 7) is 9.35. The molecule has 0 heteroatoms. The predicted octanol–water partition coefficient (Wildman–Crippen LogP) is 16.8. The summed E-state index contributed by atoms with van der Waals surface area (Å²) in [5.74, 6) is 0. The molecular weight excluding hydrogens is 577 g/mol. The summed E-state index contributed by atoms with van der Waals surface area (Å²) in [5.41, 5.74) is 7.16. The Balaban J connectivity index is 2.21. The maximum atomic E-state index is 2.51. The van der Waals surface area contributed by atoms with Crippen molar-refractivity contribution in [2.45, 2.75) is 246 Å². The molecule has 0 bridgehead atoms. The molecule has 0 nitrogen and oxygen atoms in total. The number of hydrogen-bond donors (Lipinski definition) is 0. The largest absolute Gasteiger partial charge is 0.0654 e. The second kappa shape index (κ2) is 30.5. The average molecular weight is 661 g/mol. The molecule has 2 aromatic rings. The zero-order chi connectivity index (χ0) is 34.3. The molecule has 2 rings (SSSR count). The van der Waals surface area contributed by atoms with Gasteiger partial charge in [-0.3, -0.25) is 0 Å². The predicted molar refractivity (Wildman–Crippen MR) is 220 cm³/mol. The summed E-state index contributed by atoms with van der Waals surface area (Å²) in [6.07, 6.45) is 47.6. The fraction of sp³-hybridized carbons (Fsp3) is 0.792. The summed E-state index contributed by atoms with van der Waals surface area (Å²) in [6, 6.07) is 9.68. The third kappa shape index (κ3) is 18.6. The van der Waals surface area contributed by atoms with Crippen LogP contribution < -0.4 is 0 Å². The van der Waals surface area contributed by atoms with Crippen LogP contribution >= 0.6 is 0 Å². The van der Waals surface area contributed by atoms with Gasteiger partial charge in [-0.1, -0.05) is 219 Å². The first kappa shape index (κ1) is 42.9. The molecule has 0 spiro atoms. The van der Waals surface area contributed by atoms with Gasteiger partial charge in [0.25, 0.3) is 0 Å². The standard InChI is InChI=1S/C48H84/c1-5-9-13-17-19-21-23-25-29-33-39-44-43(37-31-27-15-11-7-3)45(38-32-28-16-12-8-4)47-41-35-36-42-48(47)46(44)40-34-30-26-24-22-20-18-14-10-6-2/h35-36,41-42H,5-34,37-40H2,1-4H3. The van der Waals surface area contributed by atoms with Gasteiger partial charge in [0, 0.05) is 0 Å². The molecule has 276 valence electrons. The van der Waals surface area contributed by atoms with Gasteiger partial charge in [-0.05, 0) is 84.4 Å². The molecule has 0 aliphatic carbocycles. The van der Waals surface area contributed by atoms with Crippen molar-refractivity contribution in [2.24, 2.45) is 0 Å². The highest BCUT2D eigenvalue weighted by molar-refractivity contribution is 5.91. The lowest BCUT2D eigenvalue weighted by molar-refractivity contribution is 0.552. The fourth-order valence-electron chi connectivity index (χ4n) is 8.26. The average Bonchev–Trinajstić information content (AvgIpc) is 3.10. The summed E-state index contributed by atoms with van der Waals surface area (Å²) in [5, 5.41) is 3.24. The van der Waals surface area contributed by atoms with Crippen LogP contribution in [0, 0.1) is 0 Å². The van der Waals surface area contributed by atoms with Crippen molar-refractivity contribution in [1.82, 2.24) is 0 Å². The van der Waals surface area contributed by atoms with E-state index in [2.05, 4.69) is 52.0 Å². The molecule has 0 N–H and O–H groups in total. The Morgan fingerprint density at radius 1 is 0.250 bits per heavy atom. The van der Waals surface area contributed by atoms with Crippen LogP contribution in [0.1, 0.15) is 243 Å². The van der Waals surface area contributed by atoms with E-state index in [1.165, 1.54) is 218 Å². The van der Waals surface area contributed by atoms with Crippen LogP contribution in [0.3, 0.4) is 0 Å². The van der Waals surface area contributed by atoms with Crippen LogP contribution in [-0.4, -0.2) is 0 Å². The summed E-state index contributed by atoms with van der Waals surface area (Å²) in [4.78, 5) is 0. The molecule has 2 aromatic carbocycles. The number of aryl methyl sites for hydroxylation is 2. The van der Waals surface area contributed by atoms with Crippen LogP contribution in [-0.2, 0) is 25.7 Å². The van der Waals surface area contributed by atoms with Gasteiger partial charge >= 0.3 is 0 Å². The summed E-state index contributed by atoms with van der Waals surface area (Å²) >= 11 is 0. The highest BCUT2D eigenvalue weighted by Gasteiger charge is 2.19. The monoisotopic (exact) mass is 661 g/mol. The minimum Gasteiger partial charge on any atom is -0.0654 e. The molecule has 48 heavy (non-hydrogen) atoms. The van der Waals surface area contributed by atoms with Gasteiger partial charge in [0.15, 0.2) is 0 Å². The first-order valence-electron chi connectivity index (χ1n) is 22.3. The van der Waals surface area contributed by atoms with Gasteiger partial charge in [-0.2, -0.15) is 0 Å². The minimum absolute atomic E-state index is 1.29. The Labute approximate surface area is 302 Å². The van der Waals surface area contributed by atoms with Crippen molar-refractivity contribution in [2.75, 3.05) is 0 Å². The second-order valence-electron chi connectivity index (χ2n) is 15.7. The molecule has 0 aliphatic rings. The quantitative estimate of drug-likeness (QED) is 0.0655.